The number of nitrogens with two attached hydrogens (primary N) is 1. The van der Waals surface area contributed by atoms with Gasteiger partial charge in [0.25, 0.3) is 0 Å². The molecule has 2 rings (SSSR count). The van der Waals surface area contributed by atoms with Gasteiger partial charge in [-0.3, -0.25) is 5.10 Å². The number of hydrogen-bond donors (Lipinski definition) is 2. The van der Waals surface area contributed by atoms with Gasteiger partial charge >= 0.3 is 0 Å². The molecule has 0 saturated heterocycles. The van der Waals surface area contributed by atoms with Gasteiger partial charge in [0.15, 0.2) is 5.82 Å². The first-order chi connectivity index (χ1) is 8.56. The minimum atomic E-state index is 0.536. The molecule has 1 aromatic heterocycles. The smallest absolute Gasteiger partial charge is 0.181 e. The maximum Gasteiger partial charge on any atom is 0.181 e. The van der Waals surface area contributed by atoms with Crippen molar-refractivity contribution in [2.45, 2.75) is 6.42 Å². The van der Waals surface area contributed by atoms with Crippen LogP contribution in [0.4, 0.5) is 5.69 Å². The highest BCUT2D eigenvalue weighted by Gasteiger charge is 2.07. The van der Waals surface area contributed by atoms with Crippen molar-refractivity contribution in [2.24, 2.45) is 0 Å². The average molecular weight is 266 g/mol. The van der Waals surface area contributed by atoms with Crippen molar-refractivity contribution >= 4 is 17.3 Å². The Hall–Kier alpha value is -1.59. The highest BCUT2D eigenvalue weighted by Crippen LogP contribution is 2.24. The van der Waals surface area contributed by atoms with Crippen molar-refractivity contribution in [1.29, 1.82) is 0 Å². The Kier molecular flexibility index (Phi) is 3.84. The van der Waals surface area contributed by atoms with Crippen molar-refractivity contribution in [3.63, 3.8) is 0 Å². The van der Waals surface area contributed by atoms with E-state index in [4.69, 9.17) is 17.3 Å². The topological polar surface area (TPSA) is 70.8 Å². The van der Waals surface area contributed by atoms with Crippen LogP contribution in [0.1, 0.15) is 5.82 Å². The molecule has 0 atom stereocenters. The third-order valence-corrected chi connectivity index (χ3v) is 2.93. The van der Waals surface area contributed by atoms with Crippen LogP contribution >= 0.6 is 11.6 Å². The van der Waals surface area contributed by atoms with E-state index in [9.17, 15) is 0 Å². The normalized spacial score (nSPS) is 11.1. The fourth-order valence-corrected chi connectivity index (χ4v) is 1.67. The molecule has 6 heteroatoms. The molecule has 18 heavy (non-hydrogen) atoms. The van der Waals surface area contributed by atoms with Gasteiger partial charge in [0, 0.05) is 18.5 Å². The van der Waals surface area contributed by atoms with Crippen LogP contribution in [0.3, 0.4) is 0 Å². The second-order valence-corrected chi connectivity index (χ2v) is 4.80. The molecular formula is C12H16ClN5. The molecule has 0 bridgehead atoms. The second kappa shape index (κ2) is 5.37. The van der Waals surface area contributed by atoms with Crippen molar-refractivity contribution in [3.05, 3.63) is 29.0 Å². The Morgan fingerprint density at radius 1 is 1.39 bits per heavy atom. The third kappa shape index (κ3) is 3.00. The summed E-state index contributed by atoms with van der Waals surface area (Å²) in [5, 5.41) is 7.66. The quantitative estimate of drug-likeness (QED) is 0.827. The zero-order chi connectivity index (χ0) is 13.1. The molecule has 0 unspecified atom stereocenters. The van der Waals surface area contributed by atoms with E-state index in [0.29, 0.717) is 16.5 Å². The third-order valence-electron chi connectivity index (χ3n) is 2.58. The highest BCUT2D eigenvalue weighted by molar-refractivity contribution is 6.33. The Labute approximate surface area is 111 Å². The Morgan fingerprint density at radius 2 is 2.17 bits per heavy atom. The molecule has 0 saturated carbocycles. The number of likely N-dealkylation sites (N-methyl/N-ethyl adjacent to an activating group) is 1. The molecule has 1 aromatic carbocycles. The zero-order valence-corrected chi connectivity index (χ0v) is 11.2. The highest BCUT2D eigenvalue weighted by atomic mass is 35.5. The average Bonchev–Trinajstić information content (AvgIpc) is 2.79. The Bertz CT molecular complexity index is 535. The van der Waals surface area contributed by atoms with Crippen LogP contribution in [0.15, 0.2) is 18.2 Å². The minimum Gasteiger partial charge on any atom is -0.398 e. The summed E-state index contributed by atoms with van der Waals surface area (Å²) >= 11 is 5.88. The van der Waals surface area contributed by atoms with E-state index in [-0.39, 0.29) is 0 Å². The number of nitrogens with one attached hydrogen (secondary N) is 1. The van der Waals surface area contributed by atoms with Gasteiger partial charge in [0.05, 0.1) is 10.7 Å². The van der Waals surface area contributed by atoms with E-state index in [1.807, 2.05) is 20.2 Å². The fraction of sp³-hybridized carbons (Fsp3) is 0.333. The van der Waals surface area contributed by atoms with E-state index >= 15 is 0 Å². The lowest BCUT2D eigenvalue weighted by Gasteiger charge is -2.06. The van der Waals surface area contributed by atoms with Crippen LogP contribution in [0.2, 0.25) is 5.02 Å². The molecule has 0 aliphatic rings. The molecule has 0 aliphatic heterocycles. The van der Waals surface area contributed by atoms with Gasteiger partial charge in [-0.1, -0.05) is 11.6 Å². The number of halogens is 1. The summed E-state index contributed by atoms with van der Waals surface area (Å²) in [6, 6.07) is 5.39. The molecule has 0 radical (unpaired) electrons. The van der Waals surface area contributed by atoms with E-state index in [0.717, 1.165) is 24.4 Å². The summed E-state index contributed by atoms with van der Waals surface area (Å²) in [6.07, 6.45) is 0.836. The number of H-pyrrole nitrogens is 1. The lowest BCUT2D eigenvalue weighted by molar-refractivity contribution is 0.410. The van der Waals surface area contributed by atoms with E-state index < -0.39 is 0 Å². The van der Waals surface area contributed by atoms with Crippen LogP contribution in [-0.4, -0.2) is 40.7 Å². The summed E-state index contributed by atoms with van der Waals surface area (Å²) in [6.45, 7) is 0.928. The molecule has 96 valence electrons. The molecule has 2 aromatic rings. The number of benzene rings is 1. The molecule has 0 fully saturated rings. The van der Waals surface area contributed by atoms with Gasteiger partial charge in [-0.05, 0) is 32.3 Å². The Morgan fingerprint density at radius 3 is 2.83 bits per heavy atom. The van der Waals surface area contributed by atoms with Crippen LogP contribution in [0.5, 0.6) is 0 Å². The van der Waals surface area contributed by atoms with Gasteiger partial charge in [-0.25, -0.2) is 4.98 Å². The molecule has 5 nitrogen and oxygen atoms in total. The van der Waals surface area contributed by atoms with Gasteiger partial charge < -0.3 is 10.6 Å². The SMILES string of the molecule is CN(C)CCc1nc(-c2ccc(Cl)c(N)c2)n[nH]1. The summed E-state index contributed by atoms with van der Waals surface area (Å²) in [4.78, 5) is 6.53. The second-order valence-electron chi connectivity index (χ2n) is 4.40. The van der Waals surface area contributed by atoms with Crippen molar-refractivity contribution in [3.8, 4) is 11.4 Å². The van der Waals surface area contributed by atoms with E-state index in [1.54, 1.807) is 12.1 Å². The summed E-state index contributed by atoms with van der Waals surface area (Å²) in [5.41, 5.74) is 7.16. The van der Waals surface area contributed by atoms with E-state index in [1.165, 1.54) is 0 Å². The standard InChI is InChI=1S/C12H16ClN5/c1-18(2)6-5-11-15-12(17-16-11)8-3-4-9(13)10(14)7-8/h3-4,7H,5-6,14H2,1-2H3,(H,15,16,17). The lowest BCUT2D eigenvalue weighted by atomic mass is 10.2. The van der Waals surface area contributed by atoms with Gasteiger partial charge in [0.1, 0.15) is 5.82 Å². The molecule has 0 aliphatic carbocycles. The number of hydrogen-bond acceptors (Lipinski definition) is 4. The number of nitrogen functional groups attached to an aromatic ring is 1. The first-order valence-corrected chi connectivity index (χ1v) is 6.05. The summed E-state index contributed by atoms with van der Waals surface area (Å²) in [5.74, 6) is 1.51. The minimum absolute atomic E-state index is 0.536. The lowest BCUT2D eigenvalue weighted by Crippen LogP contribution is -2.15. The monoisotopic (exact) mass is 265 g/mol. The van der Waals surface area contributed by atoms with Crippen LogP contribution in [0.25, 0.3) is 11.4 Å². The first kappa shape index (κ1) is 12.9. The van der Waals surface area contributed by atoms with Gasteiger partial charge in [0.2, 0.25) is 0 Å². The molecule has 0 amide bonds. The van der Waals surface area contributed by atoms with Crippen molar-refractivity contribution in [1.82, 2.24) is 20.1 Å². The van der Waals surface area contributed by atoms with E-state index in [2.05, 4.69) is 20.1 Å². The van der Waals surface area contributed by atoms with Gasteiger partial charge in [-0.2, -0.15) is 5.10 Å². The molecule has 3 N–H and O–H groups in total. The number of rotatable bonds is 4. The maximum absolute atomic E-state index is 5.88. The predicted molar refractivity (Wildman–Crippen MR) is 73.5 cm³/mol. The van der Waals surface area contributed by atoms with Crippen molar-refractivity contribution < 1.29 is 0 Å². The molecule has 1 heterocycles. The van der Waals surface area contributed by atoms with Crippen LogP contribution in [-0.2, 0) is 6.42 Å². The molecule has 0 spiro atoms. The van der Waals surface area contributed by atoms with Crippen molar-refractivity contribution in [2.75, 3.05) is 26.4 Å². The van der Waals surface area contributed by atoms with Crippen LogP contribution in [0, 0.1) is 0 Å². The predicted octanol–water partition coefficient (Wildman–Crippen LogP) is 1.81. The first-order valence-electron chi connectivity index (χ1n) is 5.67. The maximum atomic E-state index is 5.88. The Balaban J connectivity index is 2.16. The number of aromatic amines is 1. The number of anilines is 1. The van der Waals surface area contributed by atoms with Crippen LogP contribution < -0.4 is 5.73 Å². The molecular weight excluding hydrogens is 250 g/mol. The summed E-state index contributed by atoms with van der Waals surface area (Å²) in [7, 11) is 4.05. The number of aromatic nitrogens is 3. The number of nitrogens with zero attached hydrogens (tertiary/aromatic N) is 3. The summed E-state index contributed by atoms with van der Waals surface area (Å²) < 4.78 is 0. The fourth-order valence-electron chi connectivity index (χ4n) is 1.55. The largest absolute Gasteiger partial charge is 0.398 e. The zero-order valence-electron chi connectivity index (χ0n) is 10.4. The van der Waals surface area contributed by atoms with Gasteiger partial charge in [-0.15, -0.1) is 0 Å².